The number of rotatable bonds is 10. The van der Waals surface area contributed by atoms with E-state index < -0.39 is 10.0 Å². The Labute approximate surface area is 126 Å². The highest BCUT2D eigenvalue weighted by atomic mass is 32.2. The zero-order valence-corrected chi connectivity index (χ0v) is 14.0. The average Bonchev–Trinajstić information content (AvgIpc) is 2.77. The second kappa shape index (κ2) is 8.47. The molecule has 122 valence electrons. The lowest BCUT2D eigenvalue weighted by atomic mass is 10.4. The Kier molecular flexibility index (Phi) is 7.30. The summed E-state index contributed by atoms with van der Waals surface area (Å²) in [5.74, 6) is 0. The molecule has 0 saturated heterocycles. The quantitative estimate of drug-likeness (QED) is 0.653. The molecule has 0 saturated carbocycles. The minimum absolute atomic E-state index is 0.246. The first-order valence-electron chi connectivity index (χ1n) is 7.12. The molecule has 0 aliphatic carbocycles. The normalized spacial score (nSPS) is 12.2. The van der Waals surface area contributed by atoms with Crippen molar-refractivity contribution in [3.63, 3.8) is 0 Å². The molecule has 8 heteroatoms. The molecule has 1 aromatic heterocycles. The molecule has 7 nitrogen and oxygen atoms in total. The number of aromatic nitrogens is 2. The monoisotopic (exact) mass is 319 g/mol. The van der Waals surface area contributed by atoms with Crippen LogP contribution in [0.5, 0.6) is 0 Å². The van der Waals surface area contributed by atoms with E-state index in [1.807, 2.05) is 13.8 Å². The number of aryl methyl sites for hydroxylation is 2. The van der Waals surface area contributed by atoms with E-state index in [1.165, 1.54) is 4.31 Å². The summed E-state index contributed by atoms with van der Waals surface area (Å²) >= 11 is 0. The number of H-pyrrole nitrogens is 1. The second-order valence-electron chi connectivity index (χ2n) is 4.56. The maximum Gasteiger partial charge on any atom is 0.246 e. The minimum atomic E-state index is -3.60. The van der Waals surface area contributed by atoms with E-state index in [1.54, 1.807) is 13.8 Å². The SMILES string of the molecule is CCOCCN(CCOCC)S(=O)(=O)c1c(C)n[nH]c1C. The van der Waals surface area contributed by atoms with E-state index in [9.17, 15) is 8.42 Å². The molecule has 0 amide bonds. The second-order valence-corrected chi connectivity index (χ2v) is 6.44. The van der Waals surface area contributed by atoms with Crippen molar-refractivity contribution in [2.75, 3.05) is 39.5 Å². The maximum atomic E-state index is 12.8. The van der Waals surface area contributed by atoms with Crippen LogP contribution in [0.1, 0.15) is 25.2 Å². The van der Waals surface area contributed by atoms with Crippen LogP contribution in [0.3, 0.4) is 0 Å². The van der Waals surface area contributed by atoms with Crippen LogP contribution in [0, 0.1) is 13.8 Å². The molecule has 0 bridgehead atoms. The summed E-state index contributed by atoms with van der Waals surface area (Å²) in [6.07, 6.45) is 0. The Balaban J connectivity index is 2.93. The zero-order chi connectivity index (χ0) is 15.9. The number of aromatic amines is 1. The molecule has 0 aliphatic heterocycles. The van der Waals surface area contributed by atoms with Gasteiger partial charge in [-0.15, -0.1) is 0 Å². The van der Waals surface area contributed by atoms with Gasteiger partial charge in [0.15, 0.2) is 0 Å². The highest BCUT2D eigenvalue weighted by molar-refractivity contribution is 7.89. The smallest absolute Gasteiger partial charge is 0.246 e. The topological polar surface area (TPSA) is 84.5 Å². The van der Waals surface area contributed by atoms with Gasteiger partial charge in [0.25, 0.3) is 0 Å². The summed E-state index contributed by atoms with van der Waals surface area (Å²) in [5.41, 5.74) is 1.02. The van der Waals surface area contributed by atoms with Gasteiger partial charge in [-0.3, -0.25) is 5.10 Å². The first kappa shape index (κ1) is 18.1. The molecule has 1 N–H and O–H groups in total. The van der Waals surface area contributed by atoms with Crippen LogP contribution in [0.15, 0.2) is 4.90 Å². The molecule has 1 aromatic rings. The molecule has 0 radical (unpaired) electrons. The Morgan fingerprint density at radius 2 is 1.62 bits per heavy atom. The number of nitrogens with one attached hydrogen (secondary N) is 1. The van der Waals surface area contributed by atoms with Gasteiger partial charge in [0, 0.05) is 26.3 Å². The lowest BCUT2D eigenvalue weighted by molar-refractivity contribution is 0.110. The van der Waals surface area contributed by atoms with Crippen LogP contribution in [0.25, 0.3) is 0 Å². The molecule has 0 fully saturated rings. The standard InChI is InChI=1S/C13H25N3O4S/c1-5-19-9-7-16(8-10-20-6-2)21(17,18)13-11(3)14-15-12(13)4/h5-10H2,1-4H3,(H,14,15). The van der Waals surface area contributed by atoms with Crippen LogP contribution in [0.2, 0.25) is 0 Å². The Morgan fingerprint density at radius 3 is 2.00 bits per heavy atom. The summed E-state index contributed by atoms with van der Waals surface area (Å²) in [4.78, 5) is 0.246. The molecular formula is C13H25N3O4S. The third-order valence-corrected chi connectivity index (χ3v) is 5.20. The molecule has 1 heterocycles. The summed E-state index contributed by atoms with van der Waals surface area (Å²) in [6.45, 7) is 9.57. The molecular weight excluding hydrogens is 294 g/mol. The highest BCUT2D eigenvalue weighted by Crippen LogP contribution is 2.21. The fraction of sp³-hybridized carbons (Fsp3) is 0.769. The van der Waals surface area contributed by atoms with Crippen molar-refractivity contribution >= 4 is 10.0 Å². The summed E-state index contributed by atoms with van der Waals surface area (Å²) in [5, 5.41) is 6.68. The molecule has 0 aromatic carbocycles. The molecule has 0 aliphatic rings. The average molecular weight is 319 g/mol. The molecule has 0 atom stereocenters. The van der Waals surface area contributed by atoms with Crippen LogP contribution < -0.4 is 0 Å². The molecule has 0 spiro atoms. The molecule has 21 heavy (non-hydrogen) atoms. The van der Waals surface area contributed by atoms with Gasteiger partial charge in [-0.2, -0.15) is 9.40 Å². The first-order valence-corrected chi connectivity index (χ1v) is 8.56. The van der Waals surface area contributed by atoms with Crippen LogP contribution in [-0.2, 0) is 19.5 Å². The minimum Gasteiger partial charge on any atom is -0.380 e. The van der Waals surface area contributed by atoms with E-state index in [4.69, 9.17) is 9.47 Å². The van der Waals surface area contributed by atoms with Crippen molar-refractivity contribution in [3.8, 4) is 0 Å². The van der Waals surface area contributed by atoms with Crippen molar-refractivity contribution in [3.05, 3.63) is 11.4 Å². The fourth-order valence-corrected chi connectivity index (χ4v) is 3.76. The maximum absolute atomic E-state index is 12.8. The summed E-state index contributed by atoms with van der Waals surface area (Å²) < 4.78 is 37.5. The van der Waals surface area contributed by atoms with Crippen molar-refractivity contribution in [1.82, 2.24) is 14.5 Å². The van der Waals surface area contributed by atoms with E-state index in [-0.39, 0.29) is 4.90 Å². The molecule has 1 rings (SSSR count). The van der Waals surface area contributed by atoms with Crippen molar-refractivity contribution in [2.24, 2.45) is 0 Å². The summed E-state index contributed by atoms with van der Waals surface area (Å²) in [7, 11) is -3.60. The van der Waals surface area contributed by atoms with E-state index in [0.717, 1.165) is 0 Å². The largest absolute Gasteiger partial charge is 0.380 e. The van der Waals surface area contributed by atoms with Crippen LogP contribution in [0.4, 0.5) is 0 Å². The Bertz CT molecular complexity index is 498. The third-order valence-electron chi connectivity index (χ3n) is 3.04. The van der Waals surface area contributed by atoms with Gasteiger partial charge in [-0.1, -0.05) is 0 Å². The van der Waals surface area contributed by atoms with Gasteiger partial charge >= 0.3 is 0 Å². The number of sulfonamides is 1. The van der Waals surface area contributed by atoms with Crippen molar-refractivity contribution in [1.29, 1.82) is 0 Å². The van der Waals surface area contributed by atoms with Gasteiger partial charge in [-0.25, -0.2) is 8.42 Å². The van der Waals surface area contributed by atoms with Crippen molar-refractivity contribution < 1.29 is 17.9 Å². The lowest BCUT2D eigenvalue weighted by Crippen LogP contribution is -2.37. The number of hydrogen-bond donors (Lipinski definition) is 1. The Hall–Kier alpha value is -0.960. The summed E-state index contributed by atoms with van der Waals surface area (Å²) in [6, 6.07) is 0. The zero-order valence-electron chi connectivity index (χ0n) is 13.2. The molecule has 0 unspecified atom stereocenters. The van der Waals surface area contributed by atoms with Gasteiger partial charge in [0.2, 0.25) is 10.0 Å². The van der Waals surface area contributed by atoms with Crippen molar-refractivity contribution in [2.45, 2.75) is 32.6 Å². The van der Waals surface area contributed by atoms with E-state index >= 15 is 0 Å². The first-order chi connectivity index (χ1) is 9.95. The van der Waals surface area contributed by atoms with Gasteiger partial charge in [0.1, 0.15) is 4.90 Å². The van der Waals surface area contributed by atoms with Crippen LogP contribution in [-0.4, -0.2) is 62.4 Å². The van der Waals surface area contributed by atoms with Crippen LogP contribution >= 0.6 is 0 Å². The number of hydrogen-bond acceptors (Lipinski definition) is 5. The van der Waals surface area contributed by atoms with E-state index in [2.05, 4.69) is 10.2 Å². The van der Waals surface area contributed by atoms with Gasteiger partial charge in [-0.05, 0) is 27.7 Å². The number of ether oxygens (including phenoxy) is 2. The van der Waals surface area contributed by atoms with Gasteiger partial charge in [0.05, 0.1) is 24.6 Å². The predicted molar refractivity (Wildman–Crippen MR) is 79.8 cm³/mol. The highest BCUT2D eigenvalue weighted by Gasteiger charge is 2.29. The fourth-order valence-electron chi connectivity index (χ4n) is 2.02. The third kappa shape index (κ3) is 4.77. The van der Waals surface area contributed by atoms with Gasteiger partial charge < -0.3 is 9.47 Å². The Morgan fingerprint density at radius 1 is 1.10 bits per heavy atom. The van der Waals surface area contributed by atoms with E-state index in [0.29, 0.717) is 50.9 Å². The lowest BCUT2D eigenvalue weighted by Gasteiger charge is -2.22. The predicted octanol–water partition coefficient (Wildman–Crippen LogP) is 1.09. The number of nitrogens with zero attached hydrogens (tertiary/aromatic N) is 2.